The molecule has 2 aromatic carbocycles. The summed E-state index contributed by atoms with van der Waals surface area (Å²) < 4.78 is 11.6. The SMILES string of the molecule is O=C(OCc1nnc(-c2ccc([N+](=O)[O-])cc2)o1)c1sc2ccccc2c1Cl. The zero-order valence-corrected chi connectivity index (χ0v) is 15.6. The van der Waals surface area contributed by atoms with Gasteiger partial charge >= 0.3 is 5.97 Å². The van der Waals surface area contributed by atoms with Crippen LogP contribution in [0.5, 0.6) is 0 Å². The smallest absolute Gasteiger partial charge is 0.350 e. The van der Waals surface area contributed by atoms with Crippen LogP contribution in [0.1, 0.15) is 15.6 Å². The molecule has 4 rings (SSSR count). The van der Waals surface area contributed by atoms with Gasteiger partial charge in [0.05, 0.1) is 9.95 Å². The first kappa shape index (κ1) is 18.1. The fraction of sp³-hybridized carbons (Fsp3) is 0.0556. The third-order valence-corrected chi connectivity index (χ3v) is 5.49. The molecule has 10 heteroatoms. The highest BCUT2D eigenvalue weighted by molar-refractivity contribution is 7.21. The second-order valence-corrected chi connectivity index (χ2v) is 7.05. The number of rotatable bonds is 5. The first-order chi connectivity index (χ1) is 13.5. The van der Waals surface area contributed by atoms with Crippen LogP contribution in [-0.4, -0.2) is 21.1 Å². The van der Waals surface area contributed by atoms with E-state index >= 15 is 0 Å². The molecule has 0 amide bonds. The molecular weight excluding hydrogens is 406 g/mol. The number of nitro groups is 1. The number of carbonyl (C=O) groups excluding carboxylic acids is 1. The number of non-ortho nitro benzene ring substituents is 1. The topological polar surface area (TPSA) is 108 Å². The number of fused-ring (bicyclic) bond motifs is 1. The molecular formula is C18H10ClN3O5S. The van der Waals surface area contributed by atoms with Gasteiger partial charge in [0.25, 0.3) is 11.6 Å². The van der Waals surface area contributed by atoms with Gasteiger partial charge < -0.3 is 9.15 Å². The van der Waals surface area contributed by atoms with Crippen molar-refractivity contribution in [2.24, 2.45) is 0 Å². The summed E-state index contributed by atoms with van der Waals surface area (Å²) in [6, 6.07) is 13.1. The average molecular weight is 416 g/mol. The number of hydrogen-bond acceptors (Lipinski definition) is 8. The van der Waals surface area contributed by atoms with Crippen molar-refractivity contribution in [3.8, 4) is 11.5 Å². The molecule has 28 heavy (non-hydrogen) atoms. The van der Waals surface area contributed by atoms with E-state index in [2.05, 4.69) is 10.2 Å². The summed E-state index contributed by atoms with van der Waals surface area (Å²) in [6.45, 7) is -0.219. The van der Waals surface area contributed by atoms with Crippen LogP contribution in [0.2, 0.25) is 5.02 Å². The van der Waals surface area contributed by atoms with Gasteiger partial charge in [-0.25, -0.2) is 4.79 Å². The summed E-state index contributed by atoms with van der Waals surface area (Å²) in [5.41, 5.74) is 0.473. The summed E-state index contributed by atoms with van der Waals surface area (Å²) in [4.78, 5) is 22.8. The molecule has 4 aromatic rings. The van der Waals surface area contributed by atoms with Gasteiger partial charge in [-0.05, 0) is 18.2 Å². The van der Waals surface area contributed by atoms with Crippen LogP contribution in [0.15, 0.2) is 52.9 Å². The number of hydrogen-bond donors (Lipinski definition) is 0. The monoisotopic (exact) mass is 415 g/mol. The van der Waals surface area contributed by atoms with Gasteiger partial charge in [-0.1, -0.05) is 29.8 Å². The van der Waals surface area contributed by atoms with E-state index < -0.39 is 10.9 Å². The van der Waals surface area contributed by atoms with Crippen LogP contribution in [0.3, 0.4) is 0 Å². The third kappa shape index (κ3) is 3.45. The summed E-state index contributed by atoms with van der Waals surface area (Å²) in [5.74, 6) is -0.318. The summed E-state index contributed by atoms with van der Waals surface area (Å²) in [5, 5.41) is 19.5. The lowest BCUT2D eigenvalue weighted by molar-refractivity contribution is -0.384. The molecule has 0 N–H and O–H groups in total. The predicted molar refractivity (Wildman–Crippen MR) is 102 cm³/mol. The highest BCUT2D eigenvalue weighted by Gasteiger charge is 2.19. The van der Waals surface area contributed by atoms with Crippen molar-refractivity contribution in [1.29, 1.82) is 0 Å². The van der Waals surface area contributed by atoms with Crippen molar-refractivity contribution >= 4 is 44.7 Å². The molecule has 140 valence electrons. The van der Waals surface area contributed by atoms with Crippen LogP contribution in [0, 0.1) is 10.1 Å². The zero-order valence-electron chi connectivity index (χ0n) is 14.0. The molecule has 0 aliphatic heterocycles. The molecule has 0 radical (unpaired) electrons. The molecule has 2 heterocycles. The van der Waals surface area contributed by atoms with Crippen LogP contribution in [0.25, 0.3) is 21.5 Å². The van der Waals surface area contributed by atoms with E-state index in [1.807, 2.05) is 24.3 Å². The van der Waals surface area contributed by atoms with Crippen molar-refractivity contribution in [3.05, 3.63) is 74.4 Å². The first-order valence-electron chi connectivity index (χ1n) is 7.94. The average Bonchev–Trinajstić information content (AvgIpc) is 3.31. The number of nitrogens with zero attached hydrogens (tertiary/aromatic N) is 3. The van der Waals surface area contributed by atoms with Crippen molar-refractivity contribution in [3.63, 3.8) is 0 Å². The molecule has 0 aliphatic carbocycles. The number of nitro benzene ring substituents is 1. The van der Waals surface area contributed by atoms with E-state index in [9.17, 15) is 14.9 Å². The van der Waals surface area contributed by atoms with E-state index in [0.29, 0.717) is 15.5 Å². The Morgan fingerprint density at radius 2 is 1.93 bits per heavy atom. The highest BCUT2D eigenvalue weighted by Crippen LogP contribution is 2.35. The van der Waals surface area contributed by atoms with Crippen LogP contribution in [-0.2, 0) is 11.3 Å². The van der Waals surface area contributed by atoms with Gasteiger partial charge in [0, 0.05) is 27.8 Å². The van der Waals surface area contributed by atoms with Gasteiger partial charge in [-0.15, -0.1) is 21.5 Å². The molecule has 2 aromatic heterocycles. The fourth-order valence-corrected chi connectivity index (χ4v) is 3.89. The minimum atomic E-state index is -0.582. The molecule has 0 saturated heterocycles. The summed E-state index contributed by atoms with van der Waals surface area (Å²) >= 11 is 7.51. The van der Waals surface area contributed by atoms with E-state index in [1.165, 1.54) is 35.6 Å². The molecule has 0 bridgehead atoms. The Labute approximate surface area is 166 Å². The maximum Gasteiger partial charge on any atom is 0.350 e. The lowest BCUT2D eigenvalue weighted by Crippen LogP contribution is -2.04. The van der Waals surface area contributed by atoms with Crippen molar-refractivity contribution in [2.45, 2.75) is 6.61 Å². The molecule has 8 nitrogen and oxygen atoms in total. The van der Waals surface area contributed by atoms with E-state index in [0.717, 1.165) is 10.1 Å². The van der Waals surface area contributed by atoms with Gasteiger partial charge in [0.15, 0.2) is 6.61 Å². The van der Waals surface area contributed by atoms with Gasteiger partial charge in [0.2, 0.25) is 5.89 Å². The van der Waals surface area contributed by atoms with Crippen molar-refractivity contribution in [2.75, 3.05) is 0 Å². The van der Waals surface area contributed by atoms with Gasteiger partial charge in [-0.3, -0.25) is 10.1 Å². The Bertz CT molecular complexity index is 1190. The number of carbonyl (C=O) groups is 1. The van der Waals surface area contributed by atoms with Gasteiger partial charge in [0.1, 0.15) is 4.88 Å². The van der Waals surface area contributed by atoms with Crippen LogP contribution < -0.4 is 0 Å². The predicted octanol–water partition coefficient (Wildman–Crippen LogP) is 4.87. The largest absolute Gasteiger partial charge is 0.451 e. The lowest BCUT2D eigenvalue weighted by Gasteiger charge is -2.00. The maximum atomic E-state index is 12.3. The Morgan fingerprint density at radius 1 is 1.18 bits per heavy atom. The minimum absolute atomic E-state index is 0.0439. The van der Waals surface area contributed by atoms with Crippen molar-refractivity contribution < 1.29 is 18.9 Å². The summed E-state index contributed by atoms with van der Waals surface area (Å²) in [6.07, 6.45) is 0. The number of ether oxygens (including phenoxy) is 1. The highest BCUT2D eigenvalue weighted by atomic mass is 35.5. The Morgan fingerprint density at radius 3 is 2.64 bits per heavy atom. The zero-order chi connectivity index (χ0) is 19.7. The number of benzene rings is 2. The van der Waals surface area contributed by atoms with E-state index in [-0.39, 0.29) is 24.1 Å². The minimum Gasteiger partial charge on any atom is -0.451 e. The normalized spacial score (nSPS) is 10.9. The first-order valence-corrected chi connectivity index (χ1v) is 9.14. The Hall–Kier alpha value is -3.30. The maximum absolute atomic E-state index is 12.3. The van der Waals surface area contributed by atoms with Gasteiger partial charge in [-0.2, -0.15) is 0 Å². The quantitative estimate of drug-likeness (QED) is 0.260. The number of aromatic nitrogens is 2. The molecule has 0 atom stereocenters. The fourth-order valence-electron chi connectivity index (χ4n) is 2.49. The molecule has 0 spiro atoms. The Balaban J connectivity index is 1.46. The molecule has 0 unspecified atom stereocenters. The van der Waals surface area contributed by atoms with Crippen molar-refractivity contribution in [1.82, 2.24) is 10.2 Å². The third-order valence-electron chi connectivity index (χ3n) is 3.84. The number of halogens is 1. The number of thiophene rings is 1. The van der Waals surface area contributed by atoms with E-state index in [4.69, 9.17) is 20.8 Å². The van der Waals surface area contributed by atoms with Crippen LogP contribution >= 0.6 is 22.9 Å². The summed E-state index contributed by atoms with van der Waals surface area (Å²) in [7, 11) is 0. The molecule has 0 saturated carbocycles. The second kappa shape index (κ2) is 7.37. The van der Waals surface area contributed by atoms with Crippen LogP contribution in [0.4, 0.5) is 5.69 Å². The second-order valence-electron chi connectivity index (χ2n) is 5.62. The Kier molecular flexibility index (Phi) is 4.76. The molecule has 0 fully saturated rings. The standard InChI is InChI=1S/C18H10ClN3O5S/c19-15-12-3-1-2-4-13(12)28-16(15)18(23)26-9-14-20-21-17(27-14)10-5-7-11(8-6-10)22(24)25/h1-8H,9H2. The van der Waals surface area contributed by atoms with E-state index in [1.54, 1.807) is 0 Å². The number of esters is 1. The molecule has 0 aliphatic rings. The lowest BCUT2D eigenvalue weighted by atomic mass is 10.2.